The lowest BCUT2D eigenvalue weighted by Gasteiger charge is -2.33. The van der Waals surface area contributed by atoms with E-state index in [2.05, 4.69) is 50.5 Å². The molecule has 0 aliphatic rings. The van der Waals surface area contributed by atoms with Gasteiger partial charge in [0.2, 0.25) is 0 Å². The van der Waals surface area contributed by atoms with Crippen molar-refractivity contribution in [1.82, 2.24) is 30.1 Å². The largest absolute Gasteiger partial charge is 0.322 e. The Labute approximate surface area is 233 Å². The molecule has 0 bridgehead atoms. The van der Waals surface area contributed by atoms with Crippen LogP contribution in [0.15, 0.2) is 83.7 Å². The fourth-order valence-corrected chi connectivity index (χ4v) is 5.08. The Hall–Kier alpha value is -4.17. The van der Waals surface area contributed by atoms with Crippen LogP contribution in [0.2, 0.25) is 0 Å². The highest BCUT2D eigenvalue weighted by molar-refractivity contribution is 5.80. The Morgan fingerprint density at radius 2 is 1.68 bits per heavy atom. The molecule has 0 amide bonds. The number of aromatic amines is 1. The van der Waals surface area contributed by atoms with Gasteiger partial charge in [0.1, 0.15) is 11.9 Å². The molecule has 0 fully saturated rings. The lowest BCUT2D eigenvalue weighted by atomic mass is 9.99. The van der Waals surface area contributed by atoms with Crippen LogP contribution >= 0.6 is 0 Å². The number of aromatic nitrogens is 5. The maximum absolute atomic E-state index is 13.8. The van der Waals surface area contributed by atoms with Gasteiger partial charge in [-0.15, -0.1) is 5.10 Å². The molecular formula is C32H35FN6O. The highest BCUT2D eigenvalue weighted by atomic mass is 19.1. The van der Waals surface area contributed by atoms with Crippen LogP contribution in [0.4, 0.5) is 4.39 Å². The second-order valence-electron chi connectivity index (χ2n) is 11.2. The topological polar surface area (TPSA) is 79.7 Å². The minimum atomic E-state index is -0.554. The lowest BCUT2D eigenvalue weighted by molar-refractivity contribution is 0.195. The summed E-state index contributed by atoms with van der Waals surface area (Å²) < 4.78 is 15.6. The maximum Gasteiger partial charge on any atom is 0.253 e. The number of halogens is 1. The minimum absolute atomic E-state index is 0.186. The van der Waals surface area contributed by atoms with E-state index in [0.29, 0.717) is 24.5 Å². The minimum Gasteiger partial charge on any atom is -0.322 e. The highest BCUT2D eigenvalue weighted by Crippen LogP contribution is 2.31. The van der Waals surface area contributed by atoms with E-state index in [1.807, 2.05) is 57.2 Å². The highest BCUT2D eigenvalue weighted by Gasteiger charge is 2.33. The zero-order valence-corrected chi connectivity index (χ0v) is 23.4. The normalized spacial score (nSPS) is 12.8. The Morgan fingerprint density at radius 3 is 2.38 bits per heavy atom. The molecular weight excluding hydrogens is 503 g/mol. The van der Waals surface area contributed by atoms with E-state index in [9.17, 15) is 9.18 Å². The Balaban J connectivity index is 1.68. The van der Waals surface area contributed by atoms with Crippen molar-refractivity contribution in [3.63, 3.8) is 0 Å². The summed E-state index contributed by atoms with van der Waals surface area (Å²) in [6.07, 6.45) is 1.64. The maximum atomic E-state index is 13.8. The van der Waals surface area contributed by atoms with Crippen molar-refractivity contribution in [1.29, 1.82) is 0 Å². The summed E-state index contributed by atoms with van der Waals surface area (Å²) >= 11 is 0. The van der Waals surface area contributed by atoms with Crippen molar-refractivity contribution in [3.05, 3.63) is 123 Å². The van der Waals surface area contributed by atoms with Crippen LogP contribution in [-0.2, 0) is 24.9 Å². The van der Waals surface area contributed by atoms with Crippen LogP contribution in [0, 0.1) is 5.82 Å². The molecule has 3 aromatic carbocycles. The van der Waals surface area contributed by atoms with Crippen LogP contribution < -0.4 is 5.56 Å². The van der Waals surface area contributed by atoms with Gasteiger partial charge in [-0.05, 0) is 96.4 Å². The van der Waals surface area contributed by atoms with Crippen LogP contribution in [0.3, 0.4) is 0 Å². The second kappa shape index (κ2) is 11.5. The molecule has 7 nitrogen and oxygen atoms in total. The fraction of sp³-hybridized carbons (Fsp3) is 0.312. The third-order valence-electron chi connectivity index (χ3n) is 7.21. The number of hydrogen-bond donors (Lipinski definition) is 1. The monoisotopic (exact) mass is 538 g/mol. The number of pyridine rings is 1. The summed E-state index contributed by atoms with van der Waals surface area (Å²) in [5, 5.41) is 13.8. The van der Waals surface area contributed by atoms with E-state index >= 15 is 0 Å². The summed E-state index contributed by atoms with van der Waals surface area (Å²) in [6, 6.07) is 24.3. The van der Waals surface area contributed by atoms with E-state index in [4.69, 9.17) is 0 Å². The van der Waals surface area contributed by atoms with E-state index in [0.717, 1.165) is 29.3 Å². The molecule has 0 spiro atoms. The van der Waals surface area contributed by atoms with Gasteiger partial charge < -0.3 is 4.98 Å². The van der Waals surface area contributed by atoms with Crippen LogP contribution in [0.5, 0.6) is 0 Å². The smallest absolute Gasteiger partial charge is 0.253 e. The van der Waals surface area contributed by atoms with Crippen LogP contribution in [0.25, 0.3) is 10.9 Å². The van der Waals surface area contributed by atoms with Gasteiger partial charge in [-0.3, -0.25) is 9.69 Å². The Morgan fingerprint density at radius 1 is 0.950 bits per heavy atom. The standard InChI is InChI=1S/C32H35FN6O/c1-5-22-13-16-28-25(19-22)20-27(31(40)34-28)29(30-35-36-37-39(30)32(2,3)4)38(18-17-23-9-7-6-8-10-23)21-24-11-14-26(33)15-12-24/h6-16,19-20,29H,5,17-18,21H2,1-4H3,(H,34,40). The number of benzene rings is 3. The van der Waals surface area contributed by atoms with Crippen molar-refractivity contribution < 1.29 is 4.39 Å². The van der Waals surface area contributed by atoms with Crippen molar-refractivity contribution in [2.75, 3.05) is 6.54 Å². The molecule has 0 radical (unpaired) electrons. The third-order valence-corrected chi connectivity index (χ3v) is 7.21. The van der Waals surface area contributed by atoms with Gasteiger partial charge in [-0.25, -0.2) is 9.07 Å². The van der Waals surface area contributed by atoms with Gasteiger partial charge in [-0.2, -0.15) is 0 Å². The first-order valence-electron chi connectivity index (χ1n) is 13.7. The number of nitrogens with zero attached hydrogens (tertiary/aromatic N) is 5. The summed E-state index contributed by atoms with van der Waals surface area (Å²) in [7, 11) is 0. The Bertz CT molecular complexity index is 1640. The first kappa shape index (κ1) is 27.4. The van der Waals surface area contributed by atoms with Crippen LogP contribution in [-0.4, -0.2) is 36.6 Å². The average molecular weight is 539 g/mol. The molecule has 2 aromatic heterocycles. The molecule has 5 aromatic rings. The molecule has 2 heterocycles. The lowest BCUT2D eigenvalue weighted by Crippen LogP contribution is -2.38. The molecule has 0 aliphatic carbocycles. The quantitative estimate of drug-likeness (QED) is 0.256. The number of fused-ring (bicyclic) bond motifs is 1. The molecule has 1 atom stereocenters. The van der Waals surface area contributed by atoms with Gasteiger partial charge in [0, 0.05) is 24.2 Å². The zero-order chi connectivity index (χ0) is 28.3. The summed E-state index contributed by atoms with van der Waals surface area (Å²) in [6.45, 7) is 9.32. The molecule has 206 valence electrons. The number of nitrogens with one attached hydrogen (secondary N) is 1. The van der Waals surface area contributed by atoms with E-state index in [1.165, 1.54) is 23.3 Å². The van der Waals surface area contributed by atoms with Gasteiger partial charge in [0.15, 0.2) is 5.82 Å². The number of H-pyrrole nitrogens is 1. The first-order valence-corrected chi connectivity index (χ1v) is 13.7. The molecule has 1 unspecified atom stereocenters. The fourth-order valence-electron chi connectivity index (χ4n) is 5.08. The van der Waals surface area contributed by atoms with Crippen molar-refractivity contribution in [2.24, 2.45) is 0 Å². The summed E-state index contributed by atoms with van der Waals surface area (Å²) in [5.74, 6) is 0.296. The number of aryl methyl sites for hydroxylation is 1. The van der Waals surface area contributed by atoms with Crippen LogP contribution in [0.1, 0.15) is 61.8 Å². The van der Waals surface area contributed by atoms with E-state index in [-0.39, 0.29) is 11.4 Å². The Kier molecular flexibility index (Phi) is 7.89. The molecule has 0 saturated heterocycles. The van der Waals surface area contributed by atoms with E-state index in [1.54, 1.807) is 16.8 Å². The van der Waals surface area contributed by atoms with Crippen molar-refractivity contribution in [3.8, 4) is 0 Å². The second-order valence-corrected chi connectivity index (χ2v) is 11.2. The third kappa shape index (κ3) is 6.02. The predicted octanol–water partition coefficient (Wildman–Crippen LogP) is 5.81. The number of tetrazole rings is 1. The first-order chi connectivity index (χ1) is 19.2. The van der Waals surface area contributed by atoms with Crippen molar-refractivity contribution in [2.45, 2.75) is 58.7 Å². The van der Waals surface area contributed by atoms with Crippen molar-refractivity contribution >= 4 is 10.9 Å². The molecule has 8 heteroatoms. The number of hydrogen-bond acceptors (Lipinski definition) is 5. The number of rotatable bonds is 9. The van der Waals surface area contributed by atoms with E-state index < -0.39 is 11.6 Å². The predicted molar refractivity (Wildman–Crippen MR) is 156 cm³/mol. The molecule has 40 heavy (non-hydrogen) atoms. The average Bonchev–Trinajstić information content (AvgIpc) is 3.44. The van der Waals surface area contributed by atoms with Gasteiger partial charge in [0.25, 0.3) is 5.56 Å². The summed E-state index contributed by atoms with van der Waals surface area (Å²) in [4.78, 5) is 19.1. The molecule has 0 saturated carbocycles. The molecule has 1 N–H and O–H groups in total. The molecule has 5 rings (SSSR count). The SMILES string of the molecule is CCc1ccc2[nH]c(=O)c(C(c3nnnn3C(C)(C)C)N(CCc3ccccc3)Cc3ccc(F)cc3)cc2c1. The van der Waals surface area contributed by atoms with Gasteiger partial charge >= 0.3 is 0 Å². The van der Waals surface area contributed by atoms with Gasteiger partial charge in [0.05, 0.1) is 5.54 Å². The summed E-state index contributed by atoms with van der Waals surface area (Å²) in [5.41, 5.74) is 4.05. The van der Waals surface area contributed by atoms with Gasteiger partial charge in [-0.1, -0.05) is 55.5 Å². The molecule has 0 aliphatic heterocycles. The zero-order valence-electron chi connectivity index (χ0n) is 23.4.